The largest absolute Gasteiger partial charge is 0.274 e. The number of nitrogens with zero attached hydrogens (tertiary/aromatic N) is 1. The van der Waals surface area contributed by atoms with E-state index < -0.39 is 0 Å². The van der Waals surface area contributed by atoms with Crippen LogP contribution in [0, 0.1) is 0 Å². The molecule has 0 unspecified atom stereocenters. The first kappa shape index (κ1) is 12.0. The van der Waals surface area contributed by atoms with Crippen molar-refractivity contribution in [3.63, 3.8) is 0 Å². The highest BCUT2D eigenvalue weighted by molar-refractivity contribution is 7.10. The lowest BCUT2D eigenvalue weighted by atomic mass is 9.91. The number of hydrogen-bond acceptors (Lipinski definition) is 3. The zero-order chi connectivity index (χ0) is 12.6. The molecule has 0 radical (unpaired) electrons. The van der Waals surface area contributed by atoms with E-state index in [0.717, 1.165) is 0 Å². The fourth-order valence-corrected chi connectivity index (χ4v) is 2.77. The third kappa shape index (κ3) is 2.17. The van der Waals surface area contributed by atoms with E-state index >= 15 is 0 Å². The van der Waals surface area contributed by atoms with E-state index in [2.05, 4.69) is 0 Å². The van der Waals surface area contributed by atoms with Crippen molar-refractivity contribution in [2.24, 2.45) is 0 Å². The Morgan fingerprint density at radius 3 is 2.53 bits per heavy atom. The molecule has 4 heteroatoms. The predicted molar refractivity (Wildman–Crippen MR) is 67.8 cm³/mol. The van der Waals surface area contributed by atoms with Crippen LogP contribution in [0.15, 0.2) is 29.2 Å². The van der Waals surface area contributed by atoms with E-state index in [0.29, 0.717) is 12.1 Å². The summed E-state index contributed by atoms with van der Waals surface area (Å²) >= 11 is 1.65. The Hall–Kier alpha value is -1.42. The predicted octanol–water partition coefficient (Wildman–Crippen LogP) is 2.34. The monoisotopic (exact) mass is 249 g/mol. The van der Waals surface area contributed by atoms with Crippen molar-refractivity contribution in [2.75, 3.05) is 6.54 Å². The smallest absolute Gasteiger partial charge is 0.256 e. The Kier molecular flexibility index (Phi) is 2.91. The van der Waals surface area contributed by atoms with Gasteiger partial charge in [0, 0.05) is 28.5 Å². The lowest BCUT2D eigenvalue weighted by Gasteiger charge is -2.28. The molecule has 0 aromatic carbocycles. The zero-order valence-electron chi connectivity index (χ0n) is 10.2. The maximum absolute atomic E-state index is 11.8. The third-order valence-corrected chi connectivity index (χ3v) is 4.17. The fraction of sp³-hybridized carbons (Fsp3) is 0.385. The van der Waals surface area contributed by atoms with Gasteiger partial charge in [-0.3, -0.25) is 14.5 Å². The second kappa shape index (κ2) is 4.11. The number of imide groups is 1. The summed E-state index contributed by atoms with van der Waals surface area (Å²) in [6.45, 7) is 6.21. The molecule has 0 atom stereocenters. The molecule has 1 aromatic rings. The molecule has 17 heavy (non-hydrogen) atoms. The molecule has 0 fully saturated rings. The molecule has 90 valence electrons. The minimum atomic E-state index is -0.197. The molecule has 0 spiro atoms. The van der Waals surface area contributed by atoms with Gasteiger partial charge in [0.25, 0.3) is 11.8 Å². The van der Waals surface area contributed by atoms with Gasteiger partial charge in [0.1, 0.15) is 0 Å². The van der Waals surface area contributed by atoms with Crippen LogP contribution in [-0.2, 0) is 15.0 Å². The molecule has 0 aliphatic carbocycles. The second-order valence-electron chi connectivity index (χ2n) is 4.92. The lowest BCUT2D eigenvalue weighted by molar-refractivity contribution is -0.138. The van der Waals surface area contributed by atoms with Gasteiger partial charge < -0.3 is 0 Å². The van der Waals surface area contributed by atoms with E-state index in [-0.39, 0.29) is 17.2 Å². The van der Waals surface area contributed by atoms with Crippen LogP contribution < -0.4 is 0 Å². The summed E-state index contributed by atoms with van der Waals surface area (Å²) in [4.78, 5) is 26.0. The van der Waals surface area contributed by atoms with E-state index in [4.69, 9.17) is 0 Å². The van der Waals surface area contributed by atoms with Crippen molar-refractivity contribution in [3.8, 4) is 0 Å². The van der Waals surface area contributed by atoms with Crippen molar-refractivity contribution in [1.82, 2.24) is 4.90 Å². The second-order valence-corrected chi connectivity index (χ2v) is 5.87. The van der Waals surface area contributed by atoms with Gasteiger partial charge in [0.05, 0.1) is 0 Å². The summed E-state index contributed by atoms with van der Waals surface area (Å²) in [6, 6.07) is 4.02. The number of thiophene rings is 1. The summed E-state index contributed by atoms with van der Waals surface area (Å²) in [5.41, 5.74) is 0.328. The summed E-state index contributed by atoms with van der Waals surface area (Å²) in [5, 5.41) is 2.01. The van der Waals surface area contributed by atoms with Crippen molar-refractivity contribution in [3.05, 3.63) is 34.0 Å². The van der Waals surface area contributed by atoms with Crippen molar-refractivity contribution < 1.29 is 9.59 Å². The normalized spacial score (nSPS) is 16.6. The van der Waals surface area contributed by atoms with Gasteiger partial charge >= 0.3 is 0 Å². The first-order chi connectivity index (χ1) is 7.92. The van der Waals surface area contributed by atoms with Crippen LogP contribution in [0.25, 0.3) is 0 Å². The highest BCUT2D eigenvalue weighted by atomic mass is 32.1. The maximum atomic E-state index is 11.8. The first-order valence-corrected chi connectivity index (χ1v) is 6.38. The van der Waals surface area contributed by atoms with Crippen molar-refractivity contribution >= 4 is 23.2 Å². The summed E-state index contributed by atoms with van der Waals surface area (Å²) in [5.74, 6) is -0.364. The first-order valence-electron chi connectivity index (χ1n) is 5.50. The number of rotatable bonds is 3. The van der Waals surface area contributed by atoms with Crippen LogP contribution in [0.2, 0.25) is 0 Å². The van der Waals surface area contributed by atoms with Gasteiger partial charge in [-0.15, -0.1) is 11.3 Å². The van der Waals surface area contributed by atoms with Crippen LogP contribution in [-0.4, -0.2) is 23.3 Å². The van der Waals surface area contributed by atoms with E-state index in [9.17, 15) is 9.59 Å². The Morgan fingerprint density at radius 1 is 1.35 bits per heavy atom. The average Bonchev–Trinajstić information content (AvgIpc) is 2.84. The van der Waals surface area contributed by atoms with Crippen LogP contribution in [0.3, 0.4) is 0 Å². The Labute approximate surface area is 105 Å². The van der Waals surface area contributed by atoms with E-state index in [1.54, 1.807) is 18.3 Å². The molecule has 1 aliphatic heterocycles. The molecule has 3 nitrogen and oxygen atoms in total. The molecule has 2 amide bonds. The number of carbonyl (C=O) groups excluding carboxylic acids is 2. The van der Waals surface area contributed by atoms with Gasteiger partial charge in [-0.2, -0.15) is 0 Å². The minimum absolute atomic E-state index is 0.167. The molecule has 0 N–H and O–H groups in total. The topological polar surface area (TPSA) is 37.4 Å². The summed E-state index contributed by atoms with van der Waals surface area (Å²) < 4.78 is 0. The SMILES string of the molecule is CC1=CC(=O)N(CC(C)(C)c2cccs2)C1=O. The van der Waals surface area contributed by atoms with Gasteiger partial charge in [0.2, 0.25) is 0 Å². The summed E-state index contributed by atoms with van der Waals surface area (Å²) in [7, 11) is 0. The molecule has 2 rings (SSSR count). The van der Waals surface area contributed by atoms with Gasteiger partial charge in [-0.25, -0.2) is 0 Å². The van der Waals surface area contributed by atoms with Crippen molar-refractivity contribution in [1.29, 1.82) is 0 Å². The Bertz CT molecular complexity index is 486. The average molecular weight is 249 g/mol. The van der Waals surface area contributed by atoms with Gasteiger partial charge in [-0.1, -0.05) is 19.9 Å². The fourth-order valence-electron chi connectivity index (χ4n) is 1.92. The molecular weight excluding hydrogens is 234 g/mol. The molecule has 1 aliphatic rings. The maximum Gasteiger partial charge on any atom is 0.256 e. The molecule has 0 saturated heterocycles. The molecule has 1 aromatic heterocycles. The standard InChI is InChI=1S/C13H15NO2S/c1-9-7-11(15)14(12(9)16)8-13(2,3)10-5-4-6-17-10/h4-7H,8H2,1-3H3. The third-order valence-electron chi connectivity index (χ3n) is 2.93. The van der Waals surface area contributed by atoms with Crippen molar-refractivity contribution in [2.45, 2.75) is 26.2 Å². The highest BCUT2D eigenvalue weighted by Crippen LogP contribution is 2.29. The van der Waals surface area contributed by atoms with Gasteiger partial charge in [0.15, 0.2) is 0 Å². The Morgan fingerprint density at radius 2 is 2.06 bits per heavy atom. The van der Waals surface area contributed by atoms with E-state index in [1.165, 1.54) is 15.9 Å². The Balaban J connectivity index is 2.18. The molecule has 0 saturated carbocycles. The van der Waals surface area contributed by atoms with Gasteiger partial charge in [-0.05, 0) is 18.4 Å². The number of hydrogen-bond donors (Lipinski definition) is 0. The molecular formula is C13H15NO2S. The van der Waals surface area contributed by atoms with Crippen LogP contribution in [0.4, 0.5) is 0 Å². The zero-order valence-corrected chi connectivity index (χ0v) is 11.0. The van der Waals surface area contributed by atoms with E-state index in [1.807, 2.05) is 31.4 Å². The molecule has 2 heterocycles. The quantitative estimate of drug-likeness (QED) is 0.771. The number of amides is 2. The highest BCUT2D eigenvalue weighted by Gasteiger charge is 2.34. The summed E-state index contributed by atoms with van der Waals surface area (Å²) in [6.07, 6.45) is 1.41. The van der Waals surface area contributed by atoms with Crippen LogP contribution in [0.1, 0.15) is 25.6 Å². The lowest BCUT2D eigenvalue weighted by Crippen LogP contribution is -2.40. The number of carbonyl (C=O) groups is 2. The molecule has 0 bridgehead atoms. The van der Waals surface area contributed by atoms with Crippen LogP contribution >= 0.6 is 11.3 Å². The minimum Gasteiger partial charge on any atom is -0.274 e. The van der Waals surface area contributed by atoms with Crippen LogP contribution in [0.5, 0.6) is 0 Å².